The Hall–Kier alpha value is -1.49. The van der Waals surface area contributed by atoms with Gasteiger partial charge in [-0.15, -0.1) is 0 Å². The first-order valence-electron chi connectivity index (χ1n) is 9.35. The van der Waals surface area contributed by atoms with E-state index in [1.807, 2.05) is 0 Å². The Kier molecular flexibility index (Phi) is 6.05. The van der Waals surface area contributed by atoms with Crippen molar-refractivity contribution < 1.29 is 9.59 Å². The van der Waals surface area contributed by atoms with Crippen molar-refractivity contribution in [1.82, 2.24) is 10.2 Å². The van der Waals surface area contributed by atoms with Crippen molar-refractivity contribution in [1.29, 1.82) is 0 Å². The monoisotopic (exact) mass is 360 g/mol. The zero-order valence-electron chi connectivity index (χ0n) is 15.1. The highest BCUT2D eigenvalue weighted by molar-refractivity contribution is 8.13. The zero-order valence-corrected chi connectivity index (χ0v) is 15.9. The van der Waals surface area contributed by atoms with E-state index in [0.29, 0.717) is 19.5 Å². The molecule has 0 bridgehead atoms. The summed E-state index contributed by atoms with van der Waals surface area (Å²) < 4.78 is 0. The molecule has 2 aliphatic rings. The molecule has 3 rings (SSSR count). The van der Waals surface area contributed by atoms with Crippen molar-refractivity contribution in [3.8, 4) is 0 Å². The zero-order chi connectivity index (χ0) is 17.7. The van der Waals surface area contributed by atoms with E-state index in [9.17, 15) is 9.59 Å². The molecule has 0 radical (unpaired) electrons. The summed E-state index contributed by atoms with van der Waals surface area (Å²) in [6.07, 6.45) is 6.41. The van der Waals surface area contributed by atoms with E-state index in [1.165, 1.54) is 42.2 Å². The average molecular weight is 361 g/mol. The molecule has 1 N–H and O–H groups in total. The number of aryl methyl sites for hydroxylation is 1. The predicted molar refractivity (Wildman–Crippen MR) is 103 cm³/mol. The van der Waals surface area contributed by atoms with Crippen LogP contribution in [-0.2, 0) is 10.2 Å². The second-order valence-electron chi connectivity index (χ2n) is 7.34. The van der Waals surface area contributed by atoms with E-state index < -0.39 is 0 Å². The molecule has 0 atom stereocenters. The minimum Gasteiger partial charge on any atom is -0.355 e. The van der Waals surface area contributed by atoms with E-state index >= 15 is 0 Å². The number of rotatable bonds is 6. The Morgan fingerprint density at radius 3 is 2.76 bits per heavy atom. The molecule has 0 spiro atoms. The fourth-order valence-corrected chi connectivity index (χ4v) is 4.84. The van der Waals surface area contributed by atoms with Gasteiger partial charge >= 0.3 is 0 Å². The van der Waals surface area contributed by atoms with Gasteiger partial charge in [-0.3, -0.25) is 9.59 Å². The highest BCUT2D eigenvalue weighted by Crippen LogP contribution is 2.39. The van der Waals surface area contributed by atoms with Crippen molar-refractivity contribution in [2.24, 2.45) is 0 Å². The van der Waals surface area contributed by atoms with Gasteiger partial charge in [0.05, 0.1) is 0 Å². The largest absolute Gasteiger partial charge is 0.355 e. The van der Waals surface area contributed by atoms with Crippen LogP contribution in [0.25, 0.3) is 0 Å². The van der Waals surface area contributed by atoms with Crippen molar-refractivity contribution in [2.75, 3.05) is 25.4 Å². The van der Waals surface area contributed by atoms with Crippen molar-refractivity contribution in [2.45, 2.75) is 50.9 Å². The number of amides is 2. The molecule has 0 unspecified atom stereocenters. The molecular weight excluding hydrogens is 332 g/mol. The molecule has 136 valence electrons. The maximum Gasteiger partial charge on any atom is 0.281 e. The van der Waals surface area contributed by atoms with Gasteiger partial charge in [0.2, 0.25) is 5.91 Å². The number of carbonyl (C=O) groups is 2. The second kappa shape index (κ2) is 8.26. The lowest BCUT2D eigenvalue weighted by Crippen LogP contribution is -2.43. The first-order valence-corrected chi connectivity index (χ1v) is 10.3. The van der Waals surface area contributed by atoms with Crippen LogP contribution in [0.2, 0.25) is 0 Å². The van der Waals surface area contributed by atoms with Crippen LogP contribution < -0.4 is 5.32 Å². The van der Waals surface area contributed by atoms with Gasteiger partial charge in [-0.2, -0.15) is 0 Å². The smallest absolute Gasteiger partial charge is 0.281 e. The number of benzene rings is 1. The highest BCUT2D eigenvalue weighted by atomic mass is 32.2. The van der Waals surface area contributed by atoms with Gasteiger partial charge in [0.25, 0.3) is 5.24 Å². The highest BCUT2D eigenvalue weighted by Gasteiger charge is 2.34. The summed E-state index contributed by atoms with van der Waals surface area (Å²) in [5.41, 5.74) is 2.71. The fourth-order valence-electron chi connectivity index (χ4n) is 3.99. The van der Waals surface area contributed by atoms with Crippen molar-refractivity contribution >= 4 is 22.9 Å². The van der Waals surface area contributed by atoms with E-state index in [0.717, 1.165) is 25.1 Å². The van der Waals surface area contributed by atoms with E-state index in [4.69, 9.17) is 0 Å². The number of nitrogens with one attached hydrogen (secondary N) is 1. The first-order chi connectivity index (χ1) is 12.1. The third kappa shape index (κ3) is 4.57. The van der Waals surface area contributed by atoms with Gasteiger partial charge in [0.1, 0.15) is 0 Å². The van der Waals surface area contributed by atoms with Crippen LogP contribution >= 0.6 is 11.8 Å². The molecule has 2 amide bonds. The first kappa shape index (κ1) is 18.3. The molecule has 1 saturated carbocycles. The van der Waals surface area contributed by atoms with Crippen LogP contribution in [0, 0.1) is 6.92 Å². The molecule has 1 saturated heterocycles. The molecule has 2 fully saturated rings. The minimum absolute atomic E-state index is 0.0577. The van der Waals surface area contributed by atoms with E-state index in [1.54, 1.807) is 4.90 Å². The Balaban J connectivity index is 1.59. The minimum atomic E-state index is 0.0577. The molecular formula is C20H28N2O2S. The summed E-state index contributed by atoms with van der Waals surface area (Å²) in [6.45, 7) is 4.14. The summed E-state index contributed by atoms with van der Waals surface area (Å²) in [7, 11) is 0. The molecule has 1 heterocycles. The Bertz CT molecular complexity index is 626. The van der Waals surface area contributed by atoms with Gasteiger partial charge in [-0.1, -0.05) is 60.9 Å². The SMILES string of the molecule is Cc1cccc(C2(CNC(=O)CCN3CCSC3=O)CCCCC2)c1. The summed E-state index contributed by atoms with van der Waals surface area (Å²) in [4.78, 5) is 25.7. The third-order valence-corrected chi connectivity index (χ3v) is 6.41. The lowest BCUT2D eigenvalue weighted by Gasteiger charge is -2.38. The molecule has 1 aromatic carbocycles. The topological polar surface area (TPSA) is 49.4 Å². The number of carbonyl (C=O) groups excluding carboxylic acids is 2. The lowest BCUT2D eigenvalue weighted by atomic mass is 9.69. The molecule has 1 aliphatic carbocycles. The van der Waals surface area contributed by atoms with Crippen LogP contribution in [0.4, 0.5) is 4.79 Å². The van der Waals surface area contributed by atoms with Gasteiger partial charge in [-0.05, 0) is 25.3 Å². The predicted octanol–water partition coefficient (Wildman–Crippen LogP) is 3.87. The molecule has 1 aromatic rings. The number of thioether (sulfide) groups is 1. The Labute approximate surface area is 154 Å². The van der Waals surface area contributed by atoms with Crippen LogP contribution in [-0.4, -0.2) is 41.4 Å². The standard InChI is InChI=1S/C20H28N2O2S/c1-16-6-5-7-17(14-16)20(9-3-2-4-10-20)15-21-18(23)8-11-22-12-13-25-19(22)24/h5-7,14H,2-4,8-13,15H2,1H3,(H,21,23). The van der Waals surface area contributed by atoms with Crippen LogP contribution in [0.15, 0.2) is 24.3 Å². The normalized spacial score (nSPS) is 19.9. The molecule has 25 heavy (non-hydrogen) atoms. The van der Waals surface area contributed by atoms with E-state index in [2.05, 4.69) is 36.5 Å². The van der Waals surface area contributed by atoms with Crippen LogP contribution in [0.5, 0.6) is 0 Å². The molecule has 0 aromatic heterocycles. The molecule has 1 aliphatic heterocycles. The maximum absolute atomic E-state index is 12.3. The van der Waals surface area contributed by atoms with Gasteiger partial charge in [0, 0.05) is 37.2 Å². The maximum atomic E-state index is 12.3. The van der Waals surface area contributed by atoms with Gasteiger partial charge < -0.3 is 10.2 Å². The fraction of sp³-hybridized carbons (Fsp3) is 0.600. The summed E-state index contributed by atoms with van der Waals surface area (Å²) in [5, 5.41) is 3.27. The summed E-state index contributed by atoms with van der Waals surface area (Å²) in [5.74, 6) is 0.902. The number of nitrogens with zero attached hydrogens (tertiary/aromatic N) is 1. The Morgan fingerprint density at radius 1 is 1.28 bits per heavy atom. The van der Waals surface area contributed by atoms with Crippen molar-refractivity contribution in [3.05, 3.63) is 35.4 Å². The van der Waals surface area contributed by atoms with Crippen molar-refractivity contribution in [3.63, 3.8) is 0 Å². The summed E-state index contributed by atoms with van der Waals surface area (Å²) >= 11 is 1.35. The van der Waals surface area contributed by atoms with Crippen LogP contribution in [0.3, 0.4) is 0 Å². The Morgan fingerprint density at radius 2 is 2.08 bits per heavy atom. The number of hydrogen-bond donors (Lipinski definition) is 1. The van der Waals surface area contributed by atoms with Gasteiger partial charge in [-0.25, -0.2) is 0 Å². The third-order valence-electron chi connectivity index (χ3n) is 5.52. The molecule has 5 heteroatoms. The quantitative estimate of drug-likeness (QED) is 0.838. The second-order valence-corrected chi connectivity index (χ2v) is 8.38. The van der Waals surface area contributed by atoms with Crippen LogP contribution in [0.1, 0.15) is 49.7 Å². The van der Waals surface area contributed by atoms with Gasteiger partial charge in [0.15, 0.2) is 0 Å². The lowest BCUT2D eigenvalue weighted by molar-refractivity contribution is -0.121. The van der Waals surface area contributed by atoms with E-state index in [-0.39, 0.29) is 16.6 Å². The number of hydrogen-bond acceptors (Lipinski definition) is 3. The molecule has 4 nitrogen and oxygen atoms in total. The average Bonchev–Trinajstić information content (AvgIpc) is 3.04. The summed E-state index contributed by atoms with van der Waals surface area (Å²) in [6, 6.07) is 8.74.